The third-order valence-corrected chi connectivity index (χ3v) is 4.01. The molecule has 1 amide bonds. The van der Waals surface area contributed by atoms with E-state index in [-0.39, 0.29) is 24.4 Å². The van der Waals surface area contributed by atoms with Crippen molar-refractivity contribution >= 4 is 5.91 Å². The second-order valence-electron chi connectivity index (χ2n) is 5.58. The first-order chi connectivity index (χ1) is 10.7. The Morgan fingerprint density at radius 1 is 1.36 bits per heavy atom. The fourth-order valence-electron chi connectivity index (χ4n) is 2.75. The van der Waals surface area contributed by atoms with Crippen molar-refractivity contribution in [3.63, 3.8) is 0 Å². The Bertz CT molecular complexity index is 628. The highest BCUT2D eigenvalue weighted by atomic mass is 16.5. The molecule has 0 unspecified atom stereocenters. The molecular weight excluding hydrogens is 282 g/mol. The van der Waals surface area contributed by atoms with E-state index in [2.05, 4.69) is 20.4 Å². The second kappa shape index (κ2) is 6.65. The molecule has 0 radical (unpaired) electrons. The third kappa shape index (κ3) is 3.48. The molecule has 3 rings (SSSR count). The summed E-state index contributed by atoms with van der Waals surface area (Å²) in [7, 11) is 0. The van der Waals surface area contributed by atoms with Gasteiger partial charge in [0, 0.05) is 30.4 Å². The number of nitrogens with zero attached hydrogens (tertiary/aromatic N) is 3. The number of nitrogens with two attached hydrogens (primary N) is 1. The van der Waals surface area contributed by atoms with Gasteiger partial charge in [0.15, 0.2) is 0 Å². The standard InChI is InChI=1S/C15H19N5O2/c16-12-3-1-2-11(12)8-13(21)18-9-14-19-15(20-22-14)10-4-6-17-7-5-10/h4-7,11-12H,1-3,8-9,16H2,(H,18,21)/t11-,12+/m0/s1. The monoisotopic (exact) mass is 301 g/mol. The van der Waals surface area contributed by atoms with Crippen LogP contribution in [-0.4, -0.2) is 27.1 Å². The maximum atomic E-state index is 11.9. The van der Waals surface area contributed by atoms with E-state index in [9.17, 15) is 4.79 Å². The predicted octanol–water partition coefficient (Wildman–Crippen LogP) is 1.27. The van der Waals surface area contributed by atoms with E-state index >= 15 is 0 Å². The van der Waals surface area contributed by atoms with Gasteiger partial charge in [-0.1, -0.05) is 11.6 Å². The summed E-state index contributed by atoms with van der Waals surface area (Å²) in [6.07, 6.45) is 6.94. The second-order valence-corrected chi connectivity index (χ2v) is 5.58. The van der Waals surface area contributed by atoms with E-state index in [1.54, 1.807) is 24.5 Å². The zero-order chi connectivity index (χ0) is 15.4. The molecule has 0 spiro atoms. The largest absolute Gasteiger partial charge is 0.347 e. The van der Waals surface area contributed by atoms with Gasteiger partial charge in [0.25, 0.3) is 0 Å². The van der Waals surface area contributed by atoms with Gasteiger partial charge in [0.1, 0.15) is 0 Å². The number of carbonyl (C=O) groups is 1. The molecule has 116 valence electrons. The van der Waals surface area contributed by atoms with Crippen LogP contribution >= 0.6 is 0 Å². The maximum absolute atomic E-state index is 11.9. The molecule has 1 aliphatic rings. The highest BCUT2D eigenvalue weighted by Gasteiger charge is 2.26. The smallest absolute Gasteiger partial charge is 0.246 e. The van der Waals surface area contributed by atoms with E-state index in [4.69, 9.17) is 10.3 Å². The normalized spacial score (nSPS) is 21.0. The lowest BCUT2D eigenvalue weighted by molar-refractivity contribution is -0.122. The van der Waals surface area contributed by atoms with Crippen molar-refractivity contribution in [2.45, 2.75) is 38.3 Å². The number of pyridine rings is 1. The number of carbonyl (C=O) groups excluding carboxylic acids is 1. The lowest BCUT2D eigenvalue weighted by Gasteiger charge is -2.14. The van der Waals surface area contributed by atoms with Gasteiger partial charge >= 0.3 is 0 Å². The van der Waals surface area contributed by atoms with Gasteiger partial charge in [-0.15, -0.1) is 0 Å². The first-order valence-electron chi connectivity index (χ1n) is 7.47. The van der Waals surface area contributed by atoms with Crippen molar-refractivity contribution in [1.82, 2.24) is 20.4 Å². The number of hydrogen-bond donors (Lipinski definition) is 2. The summed E-state index contributed by atoms with van der Waals surface area (Å²) in [4.78, 5) is 20.1. The quantitative estimate of drug-likeness (QED) is 0.861. The van der Waals surface area contributed by atoms with Crippen molar-refractivity contribution in [1.29, 1.82) is 0 Å². The molecule has 2 aromatic rings. The summed E-state index contributed by atoms with van der Waals surface area (Å²) >= 11 is 0. The summed E-state index contributed by atoms with van der Waals surface area (Å²) in [5, 5.41) is 6.70. The number of hydrogen-bond acceptors (Lipinski definition) is 6. The summed E-state index contributed by atoms with van der Waals surface area (Å²) in [6, 6.07) is 3.75. The van der Waals surface area contributed by atoms with Gasteiger partial charge in [0.2, 0.25) is 17.6 Å². The molecule has 3 N–H and O–H groups in total. The highest BCUT2D eigenvalue weighted by Crippen LogP contribution is 2.26. The Morgan fingerprint density at radius 2 is 2.18 bits per heavy atom. The molecule has 0 aromatic carbocycles. The lowest BCUT2D eigenvalue weighted by Crippen LogP contribution is -2.31. The minimum absolute atomic E-state index is 0.0222. The Morgan fingerprint density at radius 3 is 2.91 bits per heavy atom. The number of amides is 1. The number of rotatable bonds is 5. The summed E-state index contributed by atoms with van der Waals surface area (Å²) in [6.45, 7) is 0.235. The lowest BCUT2D eigenvalue weighted by atomic mass is 10.00. The van der Waals surface area contributed by atoms with E-state index in [1.165, 1.54) is 0 Å². The van der Waals surface area contributed by atoms with Gasteiger partial charge in [-0.25, -0.2) is 0 Å². The van der Waals surface area contributed by atoms with Crippen LogP contribution < -0.4 is 11.1 Å². The summed E-state index contributed by atoms with van der Waals surface area (Å²) in [5.74, 6) is 1.14. The van der Waals surface area contributed by atoms with Crippen molar-refractivity contribution in [2.24, 2.45) is 11.7 Å². The highest BCUT2D eigenvalue weighted by molar-refractivity contribution is 5.76. The average Bonchev–Trinajstić information content (AvgIpc) is 3.16. The molecule has 2 aromatic heterocycles. The molecule has 1 fully saturated rings. The van der Waals surface area contributed by atoms with Gasteiger partial charge < -0.3 is 15.6 Å². The van der Waals surface area contributed by atoms with Crippen molar-refractivity contribution < 1.29 is 9.32 Å². The molecule has 0 aliphatic heterocycles. The van der Waals surface area contributed by atoms with E-state index in [0.717, 1.165) is 24.8 Å². The summed E-state index contributed by atoms with van der Waals surface area (Å²) < 4.78 is 5.14. The van der Waals surface area contributed by atoms with Crippen LogP contribution in [0.25, 0.3) is 11.4 Å². The molecule has 0 saturated heterocycles. The molecule has 1 aliphatic carbocycles. The molecule has 1 saturated carbocycles. The summed E-state index contributed by atoms with van der Waals surface area (Å²) in [5.41, 5.74) is 6.80. The van der Waals surface area contributed by atoms with Crippen LogP contribution in [0.5, 0.6) is 0 Å². The predicted molar refractivity (Wildman–Crippen MR) is 79.3 cm³/mol. The van der Waals surface area contributed by atoms with Crippen molar-refractivity contribution in [3.05, 3.63) is 30.4 Å². The molecule has 22 heavy (non-hydrogen) atoms. The minimum atomic E-state index is -0.0222. The zero-order valence-electron chi connectivity index (χ0n) is 12.2. The van der Waals surface area contributed by atoms with Crippen LogP contribution in [0.3, 0.4) is 0 Å². The van der Waals surface area contributed by atoms with Gasteiger partial charge in [0.05, 0.1) is 6.54 Å². The maximum Gasteiger partial charge on any atom is 0.246 e. The average molecular weight is 301 g/mol. The Kier molecular flexibility index (Phi) is 4.43. The Balaban J connectivity index is 1.51. The van der Waals surface area contributed by atoms with Crippen molar-refractivity contribution in [2.75, 3.05) is 0 Å². The first kappa shape index (κ1) is 14.6. The van der Waals surface area contributed by atoms with E-state index < -0.39 is 0 Å². The van der Waals surface area contributed by atoms with Gasteiger partial charge in [-0.05, 0) is 30.9 Å². The molecule has 7 nitrogen and oxygen atoms in total. The molecule has 2 heterocycles. The van der Waals surface area contributed by atoms with E-state index in [1.807, 2.05) is 0 Å². The van der Waals surface area contributed by atoms with Crippen LogP contribution in [0, 0.1) is 5.92 Å². The number of aromatic nitrogens is 3. The van der Waals surface area contributed by atoms with Crippen LogP contribution in [0.2, 0.25) is 0 Å². The molecular formula is C15H19N5O2. The van der Waals surface area contributed by atoms with Crippen LogP contribution in [0.1, 0.15) is 31.6 Å². The zero-order valence-corrected chi connectivity index (χ0v) is 12.2. The fraction of sp³-hybridized carbons (Fsp3) is 0.467. The fourth-order valence-corrected chi connectivity index (χ4v) is 2.75. The molecule has 7 heteroatoms. The van der Waals surface area contributed by atoms with Gasteiger partial charge in [-0.3, -0.25) is 9.78 Å². The Hall–Kier alpha value is -2.28. The number of nitrogens with one attached hydrogen (secondary N) is 1. The molecule has 2 atom stereocenters. The van der Waals surface area contributed by atoms with Crippen LogP contribution in [-0.2, 0) is 11.3 Å². The minimum Gasteiger partial charge on any atom is -0.347 e. The van der Waals surface area contributed by atoms with Crippen LogP contribution in [0.15, 0.2) is 29.0 Å². The SMILES string of the molecule is N[C@@H]1CCC[C@H]1CC(=O)NCc1nc(-c2ccncc2)no1. The van der Waals surface area contributed by atoms with E-state index in [0.29, 0.717) is 18.1 Å². The topological polar surface area (TPSA) is 107 Å². The molecule has 0 bridgehead atoms. The third-order valence-electron chi connectivity index (χ3n) is 4.01. The van der Waals surface area contributed by atoms with Crippen LogP contribution in [0.4, 0.5) is 0 Å². The first-order valence-corrected chi connectivity index (χ1v) is 7.47. The Labute approximate surface area is 128 Å². The van der Waals surface area contributed by atoms with Crippen molar-refractivity contribution in [3.8, 4) is 11.4 Å². The van der Waals surface area contributed by atoms with Gasteiger partial charge in [-0.2, -0.15) is 4.98 Å².